The molecule has 0 fully saturated rings. The lowest BCUT2D eigenvalue weighted by molar-refractivity contribution is -0.116. The maximum Gasteiger partial charge on any atom is 0.251 e. The molecule has 0 spiro atoms. The van der Waals surface area contributed by atoms with Gasteiger partial charge in [-0.25, -0.2) is 0 Å². The number of hydrogen-bond acceptors (Lipinski definition) is 9. The van der Waals surface area contributed by atoms with Gasteiger partial charge in [-0.1, -0.05) is 58.9 Å². The van der Waals surface area contributed by atoms with Gasteiger partial charge in [0, 0.05) is 45.9 Å². The van der Waals surface area contributed by atoms with Crippen molar-refractivity contribution < 1.29 is 44.7 Å². The summed E-state index contributed by atoms with van der Waals surface area (Å²) in [6.45, 7) is 14.4. The van der Waals surface area contributed by atoms with E-state index < -0.39 is 83.0 Å². The first-order valence-electron chi connectivity index (χ1n) is 16.1. The van der Waals surface area contributed by atoms with E-state index >= 15 is 0 Å². The van der Waals surface area contributed by atoms with E-state index in [2.05, 4.69) is 5.32 Å². The third-order valence-corrected chi connectivity index (χ3v) is 10.00. The first-order chi connectivity index (χ1) is 21.8. The van der Waals surface area contributed by atoms with Crippen LogP contribution in [0.3, 0.4) is 0 Å². The van der Waals surface area contributed by atoms with Gasteiger partial charge in [-0.05, 0) is 57.2 Å². The first-order valence-corrected chi connectivity index (χ1v) is 16.1. The average Bonchev–Trinajstić information content (AvgIpc) is 3.05. The number of phenolic OH excluding ortho intramolecular Hbond substituents is 1. The Balaban J connectivity index is 2.15. The van der Waals surface area contributed by atoms with Crippen molar-refractivity contribution in [1.29, 1.82) is 0 Å². The molecule has 2 heterocycles. The number of benzene rings is 1. The van der Waals surface area contributed by atoms with Gasteiger partial charge in [-0.2, -0.15) is 0 Å². The largest absolute Gasteiger partial charge is 0.507 e. The van der Waals surface area contributed by atoms with E-state index in [1.165, 1.54) is 39.8 Å². The second kappa shape index (κ2) is 15.0. The van der Waals surface area contributed by atoms with Crippen LogP contribution >= 0.6 is 0 Å². The van der Waals surface area contributed by atoms with E-state index in [9.17, 15) is 44.7 Å². The van der Waals surface area contributed by atoms with Crippen LogP contribution in [0.2, 0.25) is 0 Å². The Morgan fingerprint density at radius 2 is 1.26 bits per heavy atom. The number of aliphatic hydroxyl groups excluding tert-OH is 4. The van der Waals surface area contributed by atoms with Crippen LogP contribution in [0, 0.1) is 36.5 Å². The molecule has 10 nitrogen and oxygen atoms in total. The van der Waals surface area contributed by atoms with Gasteiger partial charge in [0.05, 0.1) is 35.7 Å². The molecular formula is C37H49NO9. The SMILES string of the molecule is CC1=CCC(C)C(O)C(C)C(O)C(C)C(O)C(C)C(O)C(C)/C=C/C=C(/C)C(=O)NC2=C(C)C(=O)c3c(cc(C)c(O)c3C1=O)C2=O. The number of Topliss-reactive ketones (excluding diaryl/α,β-unsaturated/α-hetero) is 3. The van der Waals surface area contributed by atoms with Crippen molar-refractivity contribution >= 4 is 23.3 Å². The van der Waals surface area contributed by atoms with Crippen molar-refractivity contribution in [3.8, 4) is 5.75 Å². The molecule has 4 rings (SSSR count). The highest BCUT2D eigenvalue weighted by Crippen LogP contribution is 2.37. The van der Waals surface area contributed by atoms with Gasteiger partial charge in [-0.15, -0.1) is 0 Å². The smallest absolute Gasteiger partial charge is 0.251 e. The molecule has 0 aromatic heterocycles. The monoisotopic (exact) mass is 651 g/mol. The van der Waals surface area contributed by atoms with E-state index in [1.807, 2.05) is 0 Å². The molecular weight excluding hydrogens is 602 g/mol. The highest BCUT2D eigenvalue weighted by atomic mass is 16.3. The summed E-state index contributed by atoms with van der Waals surface area (Å²) in [5.74, 6) is -6.01. The highest BCUT2D eigenvalue weighted by Gasteiger charge is 2.39. The Morgan fingerprint density at radius 1 is 0.702 bits per heavy atom. The number of aryl methyl sites for hydroxylation is 1. The predicted octanol–water partition coefficient (Wildman–Crippen LogP) is 4.13. The minimum absolute atomic E-state index is 0.0876. The molecule has 0 saturated heterocycles. The maximum absolute atomic E-state index is 13.8. The van der Waals surface area contributed by atoms with Crippen LogP contribution in [-0.4, -0.2) is 73.2 Å². The molecule has 1 aliphatic carbocycles. The Hall–Kier alpha value is -3.70. The summed E-state index contributed by atoms with van der Waals surface area (Å²) in [6, 6.07) is 1.32. The van der Waals surface area contributed by atoms with E-state index in [1.54, 1.807) is 52.8 Å². The highest BCUT2D eigenvalue weighted by molar-refractivity contribution is 6.31. The molecule has 0 saturated carbocycles. The first kappa shape index (κ1) is 37.8. The standard InChI is InChI=1S/C37H49NO9/c1-16-11-10-12-19(4)37(47)38-28-21(6)35(45)26-25(36(28)46)15-20(5)32(42)27(26)31(41)18(3)14-13-17(2)30(40)23(8)34(44)24(9)33(43)22(7)29(16)39/h10-12,14-17,22-24,29-30,33-34,39-40,42-44H,13H2,1-9H3,(H,38,47)/b11-10+,18-14?,19-12-. The number of allylic oxidation sites excluding steroid dienone is 6. The van der Waals surface area contributed by atoms with Crippen molar-refractivity contribution in [2.45, 2.75) is 93.2 Å². The summed E-state index contributed by atoms with van der Waals surface area (Å²) in [7, 11) is 0. The number of ketones is 3. The van der Waals surface area contributed by atoms with E-state index in [4.69, 9.17) is 0 Å². The molecule has 256 valence electrons. The number of fused-ring (bicyclic) bond motifs is 16. The number of hydrogen-bond donors (Lipinski definition) is 6. The third kappa shape index (κ3) is 7.56. The number of aliphatic hydroxyl groups is 4. The fourth-order valence-corrected chi connectivity index (χ4v) is 6.33. The molecule has 4 bridgehead atoms. The molecule has 9 atom stereocenters. The molecule has 10 heteroatoms. The summed E-state index contributed by atoms with van der Waals surface area (Å²) in [5, 5.41) is 57.9. The minimum Gasteiger partial charge on any atom is -0.507 e. The fraction of sp³-hybridized carbons (Fsp3) is 0.514. The molecule has 1 aromatic carbocycles. The second-order valence-corrected chi connectivity index (χ2v) is 13.5. The molecule has 9 unspecified atom stereocenters. The lowest BCUT2D eigenvalue weighted by Crippen LogP contribution is -2.45. The number of nitrogens with one attached hydrogen (secondary N) is 1. The van der Waals surface area contributed by atoms with Crippen molar-refractivity contribution in [3.05, 3.63) is 75.0 Å². The van der Waals surface area contributed by atoms with Crippen LogP contribution in [0.1, 0.15) is 98.4 Å². The van der Waals surface area contributed by atoms with Gasteiger partial charge in [0.15, 0.2) is 11.6 Å². The summed E-state index contributed by atoms with van der Waals surface area (Å²) < 4.78 is 0. The topological polar surface area (TPSA) is 181 Å². The van der Waals surface area contributed by atoms with Crippen LogP contribution < -0.4 is 5.32 Å². The normalized spacial score (nSPS) is 33.9. The van der Waals surface area contributed by atoms with E-state index in [0.717, 1.165) is 0 Å². The molecule has 6 N–H and O–H groups in total. The Labute approximate surface area is 276 Å². The zero-order chi connectivity index (χ0) is 35.7. The van der Waals surface area contributed by atoms with Crippen molar-refractivity contribution in [1.82, 2.24) is 5.32 Å². The van der Waals surface area contributed by atoms with Crippen molar-refractivity contribution in [3.63, 3.8) is 0 Å². The van der Waals surface area contributed by atoms with Gasteiger partial charge in [0.2, 0.25) is 5.78 Å². The summed E-state index contributed by atoms with van der Waals surface area (Å²) >= 11 is 0. The number of phenols is 1. The Morgan fingerprint density at radius 3 is 1.85 bits per heavy atom. The molecule has 2 aliphatic heterocycles. The molecule has 47 heavy (non-hydrogen) atoms. The zero-order valence-corrected chi connectivity index (χ0v) is 28.7. The number of amides is 1. The fourth-order valence-electron chi connectivity index (χ4n) is 6.33. The van der Waals surface area contributed by atoms with Crippen LogP contribution in [0.4, 0.5) is 0 Å². The second-order valence-electron chi connectivity index (χ2n) is 13.5. The third-order valence-electron chi connectivity index (χ3n) is 10.00. The van der Waals surface area contributed by atoms with E-state index in [0.29, 0.717) is 0 Å². The molecule has 1 amide bonds. The number of carbonyl (C=O) groups excluding carboxylic acids is 4. The van der Waals surface area contributed by atoms with Gasteiger partial charge in [0.25, 0.3) is 5.91 Å². The van der Waals surface area contributed by atoms with Gasteiger partial charge in [0.1, 0.15) is 5.75 Å². The lowest BCUT2D eigenvalue weighted by atomic mass is 9.76. The van der Waals surface area contributed by atoms with E-state index in [-0.39, 0.29) is 51.1 Å². The predicted molar refractivity (Wildman–Crippen MR) is 178 cm³/mol. The summed E-state index contributed by atoms with van der Waals surface area (Å²) in [6.07, 6.45) is 2.26. The molecule has 3 aliphatic rings. The van der Waals surface area contributed by atoms with Crippen LogP contribution in [0.15, 0.2) is 52.8 Å². The maximum atomic E-state index is 13.8. The zero-order valence-electron chi connectivity index (χ0n) is 28.7. The minimum atomic E-state index is -1.12. The van der Waals surface area contributed by atoms with Crippen LogP contribution in [0.25, 0.3) is 0 Å². The van der Waals surface area contributed by atoms with Crippen LogP contribution in [-0.2, 0) is 4.79 Å². The summed E-state index contributed by atoms with van der Waals surface area (Å²) in [4.78, 5) is 54.2. The summed E-state index contributed by atoms with van der Waals surface area (Å²) in [5.41, 5.74) is -0.405. The van der Waals surface area contributed by atoms with Gasteiger partial charge >= 0.3 is 0 Å². The Kier molecular flexibility index (Phi) is 12.1. The Bertz CT molecular complexity index is 1570. The van der Waals surface area contributed by atoms with Gasteiger partial charge in [-0.3, -0.25) is 19.2 Å². The molecule has 1 aromatic rings. The quantitative estimate of drug-likeness (QED) is 0.240. The lowest BCUT2D eigenvalue weighted by Gasteiger charge is -2.37. The number of rotatable bonds is 0. The molecule has 0 radical (unpaired) electrons. The average molecular weight is 652 g/mol. The number of carbonyl (C=O) groups is 4. The van der Waals surface area contributed by atoms with Crippen LogP contribution in [0.5, 0.6) is 5.75 Å². The van der Waals surface area contributed by atoms with Gasteiger partial charge < -0.3 is 30.8 Å². The number of aromatic hydroxyl groups is 1. The van der Waals surface area contributed by atoms with Crippen molar-refractivity contribution in [2.24, 2.45) is 29.6 Å². The van der Waals surface area contributed by atoms with Crippen molar-refractivity contribution in [2.75, 3.05) is 0 Å².